The molecule has 0 unspecified atom stereocenters. The van der Waals surface area contributed by atoms with Gasteiger partial charge in [-0.1, -0.05) is 28.1 Å². The second-order valence-corrected chi connectivity index (χ2v) is 4.20. The lowest BCUT2D eigenvalue weighted by Gasteiger charge is -2.03. The van der Waals surface area contributed by atoms with Gasteiger partial charge in [-0.3, -0.25) is 0 Å². The van der Waals surface area contributed by atoms with E-state index in [-0.39, 0.29) is 5.82 Å². The van der Waals surface area contributed by atoms with Crippen LogP contribution in [0, 0.1) is 5.82 Å². The molecule has 0 aliphatic heterocycles. The van der Waals surface area contributed by atoms with Crippen LogP contribution in [0.3, 0.4) is 0 Å². The van der Waals surface area contributed by atoms with Crippen molar-refractivity contribution < 1.29 is 4.39 Å². The van der Waals surface area contributed by atoms with Crippen molar-refractivity contribution >= 4 is 38.3 Å². The molecule has 2 aromatic rings. The number of benzene rings is 2. The predicted octanol–water partition coefficient (Wildman–Crippen LogP) is 4.48. The van der Waals surface area contributed by atoms with Gasteiger partial charge in [0.2, 0.25) is 0 Å². The van der Waals surface area contributed by atoms with Crippen LogP contribution in [0.5, 0.6) is 0 Å². The van der Waals surface area contributed by atoms with Gasteiger partial charge in [-0.15, -0.1) is 11.6 Å². The summed E-state index contributed by atoms with van der Waals surface area (Å²) in [4.78, 5) is 0. The molecule has 0 fully saturated rings. The molecule has 0 N–H and O–H groups in total. The highest BCUT2D eigenvalue weighted by Crippen LogP contribution is 2.26. The molecular formula is C11H7BrClF. The maximum atomic E-state index is 13.1. The lowest BCUT2D eigenvalue weighted by molar-refractivity contribution is 0.629. The fourth-order valence-electron chi connectivity index (χ4n) is 1.42. The first-order chi connectivity index (χ1) is 6.70. The van der Waals surface area contributed by atoms with Gasteiger partial charge in [0.05, 0.1) is 0 Å². The van der Waals surface area contributed by atoms with Gasteiger partial charge in [-0.2, -0.15) is 0 Å². The Morgan fingerprint density at radius 3 is 2.71 bits per heavy atom. The second kappa shape index (κ2) is 3.87. The van der Waals surface area contributed by atoms with E-state index in [0.29, 0.717) is 5.88 Å². The average Bonchev–Trinajstić information content (AvgIpc) is 2.16. The molecule has 2 aromatic carbocycles. The van der Waals surface area contributed by atoms with Crippen molar-refractivity contribution in [3.8, 4) is 0 Å². The minimum Gasteiger partial charge on any atom is -0.207 e. The molecule has 0 saturated carbocycles. The van der Waals surface area contributed by atoms with Crippen LogP contribution >= 0.6 is 27.5 Å². The van der Waals surface area contributed by atoms with E-state index in [0.717, 1.165) is 20.8 Å². The van der Waals surface area contributed by atoms with Crippen LogP contribution in [0.2, 0.25) is 0 Å². The Morgan fingerprint density at radius 1 is 1.21 bits per heavy atom. The van der Waals surface area contributed by atoms with Crippen LogP contribution in [0.1, 0.15) is 5.56 Å². The summed E-state index contributed by atoms with van der Waals surface area (Å²) in [5, 5.41) is 1.87. The Balaban J connectivity index is 2.75. The van der Waals surface area contributed by atoms with Gasteiger partial charge in [-0.25, -0.2) is 4.39 Å². The van der Waals surface area contributed by atoms with Crippen LogP contribution in [0.25, 0.3) is 10.8 Å². The van der Waals surface area contributed by atoms with Crippen molar-refractivity contribution in [3.05, 3.63) is 46.2 Å². The molecule has 3 heteroatoms. The van der Waals surface area contributed by atoms with Gasteiger partial charge in [0.1, 0.15) is 5.82 Å². The third-order valence-electron chi connectivity index (χ3n) is 2.09. The Hall–Kier alpha value is -0.600. The molecule has 0 saturated heterocycles. The second-order valence-electron chi connectivity index (χ2n) is 3.08. The minimum atomic E-state index is -0.240. The molecule has 72 valence electrons. The van der Waals surface area contributed by atoms with E-state index < -0.39 is 0 Å². The highest BCUT2D eigenvalue weighted by molar-refractivity contribution is 9.10. The average molecular weight is 274 g/mol. The number of hydrogen-bond acceptors (Lipinski definition) is 0. The van der Waals surface area contributed by atoms with Crippen LogP contribution in [-0.2, 0) is 5.88 Å². The Bertz CT molecular complexity index is 482. The fraction of sp³-hybridized carbons (Fsp3) is 0.0909. The zero-order valence-electron chi connectivity index (χ0n) is 7.23. The zero-order valence-corrected chi connectivity index (χ0v) is 9.57. The van der Waals surface area contributed by atoms with E-state index in [1.54, 1.807) is 0 Å². The predicted molar refractivity (Wildman–Crippen MR) is 61.2 cm³/mol. The van der Waals surface area contributed by atoms with Gasteiger partial charge in [0.15, 0.2) is 0 Å². The van der Waals surface area contributed by atoms with Crippen molar-refractivity contribution in [2.75, 3.05) is 0 Å². The van der Waals surface area contributed by atoms with Crippen molar-refractivity contribution in [1.29, 1.82) is 0 Å². The molecule has 0 atom stereocenters. The van der Waals surface area contributed by atoms with E-state index in [9.17, 15) is 4.39 Å². The number of fused-ring (bicyclic) bond motifs is 1. The molecule has 0 aliphatic rings. The summed E-state index contributed by atoms with van der Waals surface area (Å²) < 4.78 is 13.8. The van der Waals surface area contributed by atoms with E-state index >= 15 is 0 Å². The smallest absolute Gasteiger partial charge is 0.124 e. The first-order valence-electron chi connectivity index (χ1n) is 4.14. The van der Waals surface area contributed by atoms with Gasteiger partial charge < -0.3 is 0 Å². The monoisotopic (exact) mass is 272 g/mol. The summed E-state index contributed by atoms with van der Waals surface area (Å²) in [5.41, 5.74) is 0.997. The SMILES string of the molecule is Fc1cc(Br)c2ccc(CCl)cc2c1. The molecule has 0 aromatic heterocycles. The molecule has 0 heterocycles. The number of rotatable bonds is 1. The van der Waals surface area contributed by atoms with Gasteiger partial charge in [0, 0.05) is 10.4 Å². The molecule has 0 amide bonds. The first-order valence-corrected chi connectivity index (χ1v) is 5.47. The van der Waals surface area contributed by atoms with E-state index in [1.807, 2.05) is 18.2 Å². The number of alkyl halides is 1. The summed E-state index contributed by atoms with van der Waals surface area (Å²) in [7, 11) is 0. The largest absolute Gasteiger partial charge is 0.207 e. The third kappa shape index (κ3) is 1.77. The Morgan fingerprint density at radius 2 is 2.00 bits per heavy atom. The van der Waals surface area contributed by atoms with E-state index in [1.165, 1.54) is 12.1 Å². The summed E-state index contributed by atoms with van der Waals surface area (Å²) in [5.74, 6) is 0.209. The highest BCUT2D eigenvalue weighted by Gasteiger charge is 2.02. The molecule has 0 spiro atoms. The normalized spacial score (nSPS) is 10.8. The molecule has 14 heavy (non-hydrogen) atoms. The van der Waals surface area contributed by atoms with Crippen LogP contribution in [0.4, 0.5) is 4.39 Å². The van der Waals surface area contributed by atoms with Gasteiger partial charge in [-0.05, 0) is 34.5 Å². The van der Waals surface area contributed by atoms with Crippen molar-refractivity contribution in [1.82, 2.24) is 0 Å². The summed E-state index contributed by atoms with van der Waals surface area (Å²) in [6.45, 7) is 0. The van der Waals surface area contributed by atoms with Crippen molar-refractivity contribution in [2.45, 2.75) is 5.88 Å². The molecule has 2 rings (SSSR count). The van der Waals surface area contributed by atoms with Crippen LogP contribution in [0.15, 0.2) is 34.8 Å². The van der Waals surface area contributed by atoms with Crippen LogP contribution < -0.4 is 0 Å². The van der Waals surface area contributed by atoms with E-state index in [4.69, 9.17) is 11.6 Å². The molecular weight excluding hydrogens is 266 g/mol. The standard InChI is InChI=1S/C11H7BrClF/c12-11-5-9(14)4-8-3-7(6-13)1-2-10(8)11/h1-5H,6H2. The number of halogens is 3. The van der Waals surface area contributed by atoms with Gasteiger partial charge in [0.25, 0.3) is 0 Å². The lowest BCUT2D eigenvalue weighted by Crippen LogP contribution is -1.82. The molecule has 0 radical (unpaired) electrons. The summed E-state index contributed by atoms with van der Waals surface area (Å²) in [6, 6.07) is 8.75. The quantitative estimate of drug-likeness (QED) is 0.672. The number of hydrogen-bond donors (Lipinski definition) is 0. The van der Waals surface area contributed by atoms with Gasteiger partial charge >= 0.3 is 0 Å². The Kier molecular flexibility index (Phi) is 2.75. The highest BCUT2D eigenvalue weighted by atomic mass is 79.9. The summed E-state index contributed by atoms with van der Waals surface area (Å²) in [6.07, 6.45) is 0. The molecule has 0 aliphatic carbocycles. The fourth-order valence-corrected chi connectivity index (χ4v) is 2.17. The summed E-state index contributed by atoms with van der Waals surface area (Å²) >= 11 is 9.02. The van der Waals surface area contributed by atoms with Crippen molar-refractivity contribution in [2.24, 2.45) is 0 Å². The maximum absolute atomic E-state index is 13.1. The molecule has 0 bridgehead atoms. The van der Waals surface area contributed by atoms with E-state index in [2.05, 4.69) is 15.9 Å². The topological polar surface area (TPSA) is 0 Å². The Labute approximate surface area is 94.8 Å². The lowest BCUT2D eigenvalue weighted by atomic mass is 10.1. The first kappa shape index (κ1) is 9.94. The molecule has 0 nitrogen and oxygen atoms in total. The van der Waals surface area contributed by atoms with Crippen LogP contribution in [-0.4, -0.2) is 0 Å². The zero-order chi connectivity index (χ0) is 10.1. The third-order valence-corrected chi connectivity index (χ3v) is 3.05. The van der Waals surface area contributed by atoms with Crippen molar-refractivity contribution in [3.63, 3.8) is 0 Å². The maximum Gasteiger partial charge on any atom is 0.124 e. The minimum absolute atomic E-state index is 0.240.